The zero-order valence-corrected chi connectivity index (χ0v) is 13.8. The van der Waals surface area contributed by atoms with Crippen LogP contribution in [0.5, 0.6) is 0 Å². The summed E-state index contributed by atoms with van der Waals surface area (Å²) in [6, 6.07) is 14.2. The van der Waals surface area contributed by atoms with Crippen LogP contribution < -0.4 is 0 Å². The maximum absolute atomic E-state index is 12.8. The minimum Gasteiger partial charge on any atom is -0.335 e. The Morgan fingerprint density at radius 3 is 2.67 bits per heavy atom. The third-order valence-corrected chi connectivity index (χ3v) is 4.66. The quantitative estimate of drug-likeness (QED) is 0.619. The van der Waals surface area contributed by atoms with Gasteiger partial charge in [-0.1, -0.05) is 41.9 Å². The SMILES string of the molecule is O=C(c1ccc([N+](=O)[O-])cc1Cl)N1CCCC1Cc1ccccc1. The van der Waals surface area contributed by atoms with Gasteiger partial charge in [0.25, 0.3) is 11.6 Å². The zero-order chi connectivity index (χ0) is 17.1. The van der Waals surface area contributed by atoms with Gasteiger partial charge in [-0.3, -0.25) is 14.9 Å². The molecule has 6 heteroatoms. The van der Waals surface area contributed by atoms with Gasteiger partial charge in [-0.05, 0) is 30.9 Å². The number of carbonyl (C=O) groups is 1. The highest BCUT2D eigenvalue weighted by Gasteiger charge is 2.30. The first-order valence-electron chi connectivity index (χ1n) is 7.85. The second-order valence-electron chi connectivity index (χ2n) is 5.91. The molecule has 1 unspecified atom stereocenters. The minimum absolute atomic E-state index is 0.112. The van der Waals surface area contributed by atoms with Crippen molar-refractivity contribution in [1.82, 2.24) is 4.90 Å². The molecule has 1 atom stereocenters. The number of likely N-dealkylation sites (tertiary alicyclic amines) is 1. The van der Waals surface area contributed by atoms with Crippen molar-refractivity contribution < 1.29 is 9.72 Å². The average Bonchev–Trinajstić information content (AvgIpc) is 3.03. The predicted octanol–water partition coefficient (Wildman–Crippen LogP) is 4.10. The highest BCUT2D eigenvalue weighted by Crippen LogP contribution is 2.28. The number of amides is 1. The third-order valence-electron chi connectivity index (χ3n) is 4.35. The van der Waals surface area contributed by atoms with E-state index < -0.39 is 4.92 Å². The number of nitro groups is 1. The molecule has 1 aliphatic rings. The maximum atomic E-state index is 12.8. The lowest BCUT2D eigenvalue weighted by Gasteiger charge is -2.25. The minimum atomic E-state index is -0.520. The van der Waals surface area contributed by atoms with Crippen molar-refractivity contribution in [2.24, 2.45) is 0 Å². The van der Waals surface area contributed by atoms with Crippen molar-refractivity contribution in [3.8, 4) is 0 Å². The van der Waals surface area contributed by atoms with E-state index in [1.807, 2.05) is 23.1 Å². The van der Waals surface area contributed by atoms with Crippen molar-refractivity contribution in [3.63, 3.8) is 0 Å². The lowest BCUT2D eigenvalue weighted by molar-refractivity contribution is -0.384. The van der Waals surface area contributed by atoms with Crippen molar-refractivity contribution in [2.45, 2.75) is 25.3 Å². The van der Waals surface area contributed by atoms with Crippen LogP contribution in [-0.2, 0) is 6.42 Å². The number of halogens is 1. The standard InChI is InChI=1S/C18H17ClN2O3/c19-17-12-15(21(23)24)8-9-16(17)18(22)20-10-4-7-14(20)11-13-5-2-1-3-6-13/h1-3,5-6,8-9,12,14H,4,7,10-11H2. The first kappa shape index (κ1) is 16.5. The van der Waals surface area contributed by atoms with E-state index in [-0.39, 0.29) is 22.7 Å². The van der Waals surface area contributed by atoms with Crippen LogP contribution in [0.15, 0.2) is 48.5 Å². The van der Waals surface area contributed by atoms with Crippen molar-refractivity contribution in [1.29, 1.82) is 0 Å². The molecular weight excluding hydrogens is 328 g/mol. The van der Waals surface area contributed by atoms with Gasteiger partial charge in [0.1, 0.15) is 0 Å². The zero-order valence-electron chi connectivity index (χ0n) is 13.0. The summed E-state index contributed by atoms with van der Waals surface area (Å²) in [6.45, 7) is 0.684. The highest BCUT2D eigenvalue weighted by atomic mass is 35.5. The first-order valence-corrected chi connectivity index (χ1v) is 8.23. The Morgan fingerprint density at radius 1 is 1.25 bits per heavy atom. The van der Waals surface area contributed by atoms with Crippen LogP contribution in [0.25, 0.3) is 0 Å². The summed E-state index contributed by atoms with van der Waals surface area (Å²) >= 11 is 6.10. The number of benzene rings is 2. The molecule has 0 aliphatic carbocycles. The van der Waals surface area contributed by atoms with Gasteiger partial charge in [-0.2, -0.15) is 0 Å². The van der Waals surface area contributed by atoms with E-state index >= 15 is 0 Å². The van der Waals surface area contributed by atoms with Gasteiger partial charge in [-0.25, -0.2) is 0 Å². The van der Waals surface area contributed by atoms with E-state index in [1.165, 1.54) is 23.8 Å². The maximum Gasteiger partial charge on any atom is 0.270 e. The molecule has 0 radical (unpaired) electrons. The monoisotopic (exact) mass is 344 g/mol. The molecule has 24 heavy (non-hydrogen) atoms. The van der Waals surface area contributed by atoms with E-state index in [1.54, 1.807) is 0 Å². The topological polar surface area (TPSA) is 63.4 Å². The number of hydrogen-bond acceptors (Lipinski definition) is 3. The van der Waals surface area contributed by atoms with Crippen molar-refractivity contribution in [2.75, 3.05) is 6.54 Å². The Hall–Kier alpha value is -2.40. The Morgan fingerprint density at radius 2 is 2.00 bits per heavy atom. The summed E-state index contributed by atoms with van der Waals surface area (Å²) < 4.78 is 0. The molecule has 3 rings (SSSR count). The molecule has 1 saturated heterocycles. The smallest absolute Gasteiger partial charge is 0.270 e. The molecule has 0 bridgehead atoms. The number of rotatable bonds is 4. The van der Waals surface area contributed by atoms with Crippen LogP contribution in [0.2, 0.25) is 5.02 Å². The fourth-order valence-electron chi connectivity index (χ4n) is 3.15. The fraction of sp³-hybridized carbons (Fsp3) is 0.278. The summed E-state index contributed by atoms with van der Waals surface area (Å²) in [5, 5.41) is 10.9. The van der Waals surface area contributed by atoms with Crippen LogP contribution in [0.4, 0.5) is 5.69 Å². The molecule has 1 aliphatic heterocycles. The second kappa shape index (κ2) is 7.01. The molecule has 5 nitrogen and oxygen atoms in total. The van der Waals surface area contributed by atoms with E-state index in [4.69, 9.17) is 11.6 Å². The predicted molar refractivity (Wildman–Crippen MR) is 92.3 cm³/mol. The van der Waals surface area contributed by atoms with Crippen LogP contribution >= 0.6 is 11.6 Å². The third kappa shape index (κ3) is 3.41. The van der Waals surface area contributed by atoms with E-state index in [2.05, 4.69) is 12.1 Å². The Labute approximate surface area is 145 Å². The van der Waals surface area contributed by atoms with Gasteiger partial charge in [0, 0.05) is 24.7 Å². The highest BCUT2D eigenvalue weighted by molar-refractivity contribution is 6.34. The molecule has 2 aromatic carbocycles. The van der Waals surface area contributed by atoms with E-state index in [0.717, 1.165) is 19.3 Å². The molecule has 1 fully saturated rings. The van der Waals surface area contributed by atoms with E-state index in [9.17, 15) is 14.9 Å². The van der Waals surface area contributed by atoms with Gasteiger partial charge < -0.3 is 4.90 Å². The lowest BCUT2D eigenvalue weighted by Crippen LogP contribution is -2.37. The molecule has 0 spiro atoms. The van der Waals surface area contributed by atoms with Crippen molar-refractivity contribution >= 4 is 23.2 Å². The van der Waals surface area contributed by atoms with Gasteiger partial charge in [0.15, 0.2) is 0 Å². The Kier molecular flexibility index (Phi) is 4.81. The lowest BCUT2D eigenvalue weighted by atomic mass is 10.0. The number of carbonyl (C=O) groups excluding carboxylic acids is 1. The normalized spacial score (nSPS) is 17.0. The van der Waals surface area contributed by atoms with E-state index in [0.29, 0.717) is 12.1 Å². The van der Waals surface area contributed by atoms with Crippen LogP contribution in [0.3, 0.4) is 0 Å². The van der Waals surface area contributed by atoms with Crippen LogP contribution in [0.1, 0.15) is 28.8 Å². The van der Waals surface area contributed by atoms with Crippen LogP contribution in [0, 0.1) is 10.1 Å². The molecule has 1 heterocycles. The number of nitro benzene ring substituents is 1. The summed E-state index contributed by atoms with van der Waals surface area (Å²) in [5.41, 5.74) is 1.40. The molecule has 1 amide bonds. The van der Waals surface area contributed by atoms with Gasteiger partial charge >= 0.3 is 0 Å². The Balaban J connectivity index is 1.79. The van der Waals surface area contributed by atoms with Gasteiger partial charge in [0.2, 0.25) is 0 Å². The number of hydrogen-bond donors (Lipinski definition) is 0. The summed E-state index contributed by atoms with van der Waals surface area (Å²) in [5.74, 6) is -0.159. The fourth-order valence-corrected chi connectivity index (χ4v) is 3.40. The molecule has 0 N–H and O–H groups in total. The Bertz CT molecular complexity index is 764. The van der Waals surface area contributed by atoms with Gasteiger partial charge in [0.05, 0.1) is 15.5 Å². The number of non-ortho nitro benzene ring substituents is 1. The largest absolute Gasteiger partial charge is 0.335 e. The molecule has 124 valence electrons. The molecule has 0 aromatic heterocycles. The van der Waals surface area contributed by atoms with Crippen LogP contribution in [-0.4, -0.2) is 28.3 Å². The molecule has 2 aromatic rings. The summed E-state index contributed by atoms with van der Waals surface area (Å²) in [7, 11) is 0. The average molecular weight is 345 g/mol. The molecule has 0 saturated carbocycles. The second-order valence-corrected chi connectivity index (χ2v) is 6.31. The molecular formula is C18H17ClN2O3. The summed E-state index contributed by atoms with van der Waals surface area (Å²) in [6.07, 6.45) is 2.70. The first-order chi connectivity index (χ1) is 11.6. The van der Waals surface area contributed by atoms with Crippen molar-refractivity contribution in [3.05, 3.63) is 74.8 Å². The number of nitrogens with zero attached hydrogens (tertiary/aromatic N) is 2. The summed E-state index contributed by atoms with van der Waals surface area (Å²) in [4.78, 5) is 24.9. The van der Waals surface area contributed by atoms with Gasteiger partial charge in [-0.15, -0.1) is 0 Å².